The Bertz CT molecular complexity index is 505. The van der Waals surface area contributed by atoms with Gasteiger partial charge in [0.1, 0.15) is 6.04 Å². The Balaban J connectivity index is 2.05. The molecule has 8 heteroatoms. The summed E-state index contributed by atoms with van der Waals surface area (Å²) in [5.74, 6) is -0.822. The first-order chi connectivity index (χ1) is 12.1. The summed E-state index contributed by atoms with van der Waals surface area (Å²) >= 11 is 0. The predicted octanol–water partition coefficient (Wildman–Crippen LogP) is 0.266. The van der Waals surface area contributed by atoms with Crippen LogP contribution < -0.4 is 0 Å². The van der Waals surface area contributed by atoms with Gasteiger partial charge >= 0.3 is 0 Å². The van der Waals surface area contributed by atoms with Gasteiger partial charge in [-0.2, -0.15) is 0 Å². The molecule has 0 spiro atoms. The minimum Gasteiger partial charge on any atom is -0.378 e. The number of morpholine rings is 1. The number of carbonyl (C=O) groups is 3. The number of hydroxylamine groups is 2. The van der Waals surface area contributed by atoms with Crippen molar-refractivity contribution >= 4 is 18.2 Å². The van der Waals surface area contributed by atoms with E-state index in [0.717, 1.165) is 12.8 Å². The van der Waals surface area contributed by atoms with E-state index in [4.69, 9.17) is 4.74 Å². The summed E-state index contributed by atoms with van der Waals surface area (Å²) in [5, 5.41) is 9.99. The molecule has 0 aromatic carbocycles. The lowest BCUT2D eigenvalue weighted by atomic mass is 9.99. The Morgan fingerprint density at radius 1 is 1.40 bits per heavy atom. The molecule has 2 atom stereocenters. The van der Waals surface area contributed by atoms with Gasteiger partial charge in [-0.15, -0.1) is 0 Å². The van der Waals surface area contributed by atoms with Crippen molar-refractivity contribution < 1.29 is 24.3 Å². The fourth-order valence-electron chi connectivity index (χ4n) is 3.18. The number of unbranched alkanes of at least 4 members (excludes halogenated alkanes) is 1. The van der Waals surface area contributed by atoms with Crippen LogP contribution >= 0.6 is 0 Å². The van der Waals surface area contributed by atoms with Crippen molar-refractivity contribution in [3.05, 3.63) is 12.2 Å². The molecule has 2 heterocycles. The summed E-state index contributed by atoms with van der Waals surface area (Å²) in [6, 6.07) is -0.613. The molecule has 0 aliphatic carbocycles. The van der Waals surface area contributed by atoms with Crippen LogP contribution in [0, 0.1) is 5.92 Å². The quantitative estimate of drug-likeness (QED) is 0.293. The van der Waals surface area contributed by atoms with Gasteiger partial charge in [0.25, 0.3) is 0 Å². The van der Waals surface area contributed by atoms with Crippen molar-refractivity contribution in [3.63, 3.8) is 0 Å². The highest BCUT2D eigenvalue weighted by molar-refractivity contribution is 5.91. The summed E-state index contributed by atoms with van der Waals surface area (Å²) in [5.41, 5.74) is 0. The maximum atomic E-state index is 12.9. The number of hydrogen-bond donors (Lipinski definition) is 1. The molecule has 2 aliphatic rings. The van der Waals surface area contributed by atoms with Crippen LogP contribution in [0.4, 0.5) is 0 Å². The molecule has 0 radical (unpaired) electrons. The van der Waals surface area contributed by atoms with Gasteiger partial charge in [0.05, 0.1) is 25.7 Å². The summed E-state index contributed by atoms with van der Waals surface area (Å²) in [7, 11) is 0. The molecular formula is C17H27N3O5. The van der Waals surface area contributed by atoms with E-state index >= 15 is 0 Å². The maximum Gasteiger partial charge on any atom is 0.249 e. The molecule has 0 bridgehead atoms. The van der Waals surface area contributed by atoms with E-state index in [9.17, 15) is 19.6 Å². The van der Waals surface area contributed by atoms with Crippen molar-refractivity contribution in [1.82, 2.24) is 14.9 Å². The average Bonchev–Trinajstić information content (AvgIpc) is 3.14. The van der Waals surface area contributed by atoms with E-state index < -0.39 is 12.0 Å². The van der Waals surface area contributed by atoms with Crippen LogP contribution in [0.5, 0.6) is 0 Å². The first-order valence-electron chi connectivity index (χ1n) is 8.83. The Morgan fingerprint density at radius 3 is 2.76 bits per heavy atom. The van der Waals surface area contributed by atoms with Gasteiger partial charge in [0, 0.05) is 19.6 Å². The Hall–Kier alpha value is -1.93. The summed E-state index contributed by atoms with van der Waals surface area (Å²) in [4.78, 5) is 39.6. The van der Waals surface area contributed by atoms with Gasteiger partial charge in [0.2, 0.25) is 18.2 Å². The first-order valence-corrected chi connectivity index (χ1v) is 8.83. The van der Waals surface area contributed by atoms with Crippen LogP contribution in [-0.4, -0.2) is 83.7 Å². The predicted molar refractivity (Wildman–Crippen MR) is 89.6 cm³/mol. The highest BCUT2D eigenvalue weighted by Gasteiger charge is 2.36. The largest absolute Gasteiger partial charge is 0.378 e. The molecule has 2 rings (SSSR count). The summed E-state index contributed by atoms with van der Waals surface area (Å²) < 4.78 is 5.27. The molecule has 0 aromatic heterocycles. The molecule has 0 unspecified atom stereocenters. The average molecular weight is 353 g/mol. The second-order valence-corrected chi connectivity index (χ2v) is 6.37. The molecule has 25 heavy (non-hydrogen) atoms. The minimum absolute atomic E-state index is 0.0582. The van der Waals surface area contributed by atoms with E-state index in [2.05, 4.69) is 0 Å². The number of hydrogen-bond acceptors (Lipinski definition) is 5. The molecule has 0 saturated carbocycles. The standard InChI is InChI=1S/C17H27N3O5/c1-2-3-5-14(12-19(24)13-21)16(22)20-7-4-6-15(20)17(23)18-8-10-25-11-9-18/h4,6,13-15,24H,2-3,5,7-12H2,1H3/t14-,15+/m1/s1. The second kappa shape index (κ2) is 9.53. The van der Waals surface area contributed by atoms with Crippen LogP contribution in [0.3, 0.4) is 0 Å². The third-order valence-electron chi connectivity index (χ3n) is 4.60. The fraction of sp³-hybridized carbons (Fsp3) is 0.706. The highest BCUT2D eigenvalue weighted by atomic mass is 16.5. The first kappa shape index (κ1) is 19.4. The smallest absolute Gasteiger partial charge is 0.249 e. The lowest BCUT2D eigenvalue weighted by molar-refractivity contribution is -0.158. The fourth-order valence-corrected chi connectivity index (χ4v) is 3.18. The summed E-state index contributed by atoms with van der Waals surface area (Å²) in [6.07, 6.45) is 6.15. The van der Waals surface area contributed by atoms with Gasteiger partial charge in [-0.3, -0.25) is 19.6 Å². The van der Waals surface area contributed by atoms with E-state index in [1.807, 2.05) is 13.0 Å². The number of nitrogens with zero attached hydrogens (tertiary/aromatic N) is 3. The Kier molecular flexibility index (Phi) is 7.39. The zero-order chi connectivity index (χ0) is 18.2. The number of carbonyl (C=O) groups excluding carboxylic acids is 3. The Labute approximate surface area is 148 Å². The maximum absolute atomic E-state index is 12.9. The highest BCUT2D eigenvalue weighted by Crippen LogP contribution is 2.20. The number of amides is 3. The lowest BCUT2D eigenvalue weighted by Crippen LogP contribution is -2.52. The van der Waals surface area contributed by atoms with Crippen molar-refractivity contribution in [2.24, 2.45) is 5.92 Å². The van der Waals surface area contributed by atoms with E-state index in [1.54, 1.807) is 11.0 Å². The molecule has 2 aliphatic heterocycles. The molecule has 3 amide bonds. The minimum atomic E-state index is -0.613. The third-order valence-corrected chi connectivity index (χ3v) is 4.60. The van der Waals surface area contributed by atoms with Crippen molar-refractivity contribution in [2.75, 3.05) is 39.4 Å². The monoisotopic (exact) mass is 353 g/mol. The number of ether oxygens (including phenoxy) is 1. The van der Waals surface area contributed by atoms with Crippen molar-refractivity contribution in [2.45, 2.75) is 32.2 Å². The van der Waals surface area contributed by atoms with Gasteiger partial charge in [-0.25, -0.2) is 5.06 Å². The van der Waals surface area contributed by atoms with Crippen LogP contribution in [0.2, 0.25) is 0 Å². The molecule has 0 aromatic rings. The van der Waals surface area contributed by atoms with Gasteiger partial charge < -0.3 is 14.5 Å². The number of rotatable bonds is 8. The normalized spacial score (nSPS) is 21.3. The van der Waals surface area contributed by atoms with Crippen LogP contribution in [-0.2, 0) is 19.1 Å². The molecule has 1 saturated heterocycles. The summed E-state index contributed by atoms with van der Waals surface area (Å²) in [6.45, 7) is 4.40. The van der Waals surface area contributed by atoms with E-state index in [1.165, 1.54) is 4.90 Å². The third kappa shape index (κ3) is 5.02. The molecule has 8 nitrogen and oxygen atoms in total. The van der Waals surface area contributed by atoms with Crippen molar-refractivity contribution in [3.8, 4) is 0 Å². The van der Waals surface area contributed by atoms with Crippen LogP contribution in [0.25, 0.3) is 0 Å². The van der Waals surface area contributed by atoms with Crippen LogP contribution in [0.15, 0.2) is 12.2 Å². The van der Waals surface area contributed by atoms with Gasteiger partial charge in [0.15, 0.2) is 0 Å². The topological polar surface area (TPSA) is 90.4 Å². The van der Waals surface area contributed by atoms with Crippen LogP contribution in [0.1, 0.15) is 26.2 Å². The van der Waals surface area contributed by atoms with E-state index in [-0.39, 0.29) is 18.4 Å². The van der Waals surface area contributed by atoms with Gasteiger partial charge in [-0.1, -0.05) is 31.9 Å². The van der Waals surface area contributed by atoms with Crippen molar-refractivity contribution in [1.29, 1.82) is 0 Å². The van der Waals surface area contributed by atoms with E-state index in [0.29, 0.717) is 50.7 Å². The molecular weight excluding hydrogens is 326 g/mol. The Morgan fingerprint density at radius 2 is 2.12 bits per heavy atom. The zero-order valence-corrected chi connectivity index (χ0v) is 14.7. The second-order valence-electron chi connectivity index (χ2n) is 6.37. The lowest BCUT2D eigenvalue weighted by Gasteiger charge is -2.34. The molecule has 140 valence electrons. The molecule has 1 N–H and O–H groups in total. The molecule has 1 fully saturated rings. The zero-order valence-electron chi connectivity index (χ0n) is 14.7. The van der Waals surface area contributed by atoms with Gasteiger partial charge in [-0.05, 0) is 6.42 Å². The SMILES string of the molecule is CCCC[C@H](CN(O)C=O)C(=O)N1CC=C[C@H]1C(=O)N1CCOCC1.